The summed E-state index contributed by atoms with van der Waals surface area (Å²) in [5.74, 6) is -0.711. The van der Waals surface area contributed by atoms with E-state index in [1.165, 1.54) is 18.3 Å². The Kier molecular flexibility index (Phi) is 14.7. The van der Waals surface area contributed by atoms with E-state index in [4.69, 9.17) is 14.2 Å². The smallest absolute Gasteiger partial charge is 0.199 e. The van der Waals surface area contributed by atoms with Gasteiger partial charge in [-0.3, -0.25) is 4.79 Å². The Morgan fingerprint density at radius 3 is 2.26 bits per heavy atom. The van der Waals surface area contributed by atoms with Crippen LogP contribution in [0.1, 0.15) is 73.1 Å². The van der Waals surface area contributed by atoms with Crippen molar-refractivity contribution < 1.29 is 24.1 Å². The molecule has 180 valence electrons. The highest BCUT2D eigenvalue weighted by atomic mass is 16.5. The molecule has 0 bridgehead atoms. The van der Waals surface area contributed by atoms with Gasteiger partial charge >= 0.3 is 0 Å². The first-order valence-electron chi connectivity index (χ1n) is 11.3. The molecule has 1 N–H and O–H groups in total. The van der Waals surface area contributed by atoms with Crippen LogP contribution in [0.15, 0.2) is 35.6 Å². The molecule has 0 saturated heterocycles. The zero-order valence-electron chi connectivity index (χ0n) is 21.1. The number of hydrogen-bond donors (Lipinski definition) is 1. The molecule has 0 saturated carbocycles. The lowest BCUT2D eigenvalue weighted by Gasteiger charge is -2.27. The number of methoxy groups -OCH3 is 3. The van der Waals surface area contributed by atoms with Crippen LogP contribution in [0.4, 0.5) is 0 Å². The first kappa shape index (κ1) is 29.6. The van der Waals surface area contributed by atoms with Crippen molar-refractivity contribution in [3.05, 3.63) is 35.6 Å². The number of ketones is 1. The Labute approximate surface area is 190 Å². The van der Waals surface area contributed by atoms with Crippen LogP contribution >= 0.6 is 0 Å². The van der Waals surface area contributed by atoms with Gasteiger partial charge in [-0.25, -0.2) is 0 Å². The molecule has 0 radical (unpaired) electrons. The molecule has 5 heteroatoms. The summed E-state index contributed by atoms with van der Waals surface area (Å²) in [4.78, 5) is 12.5. The third kappa shape index (κ3) is 12.3. The number of Topliss-reactive ketones (excluding diaryl/α,β-unsaturated/α-hetero) is 1. The van der Waals surface area contributed by atoms with Crippen LogP contribution < -0.4 is 0 Å². The zero-order valence-corrected chi connectivity index (χ0v) is 21.1. The van der Waals surface area contributed by atoms with E-state index in [1.54, 1.807) is 14.2 Å². The summed E-state index contributed by atoms with van der Waals surface area (Å²) >= 11 is 0. The van der Waals surface area contributed by atoms with Crippen molar-refractivity contribution in [3.63, 3.8) is 0 Å². The lowest BCUT2D eigenvalue weighted by molar-refractivity contribution is -0.125. The molecular formula is C26H46O5. The highest BCUT2D eigenvalue weighted by Gasteiger charge is 2.31. The SMILES string of the molecule is C=C(OC)C(=O)C(C)C(C/C=C(\C)CC/C=C(\C)CCCC(C)(C)OC)C(O)COC. The fraction of sp³-hybridized carbons (Fsp3) is 0.731. The fourth-order valence-corrected chi connectivity index (χ4v) is 3.52. The van der Waals surface area contributed by atoms with E-state index in [0.717, 1.165) is 32.1 Å². The van der Waals surface area contributed by atoms with Gasteiger partial charge < -0.3 is 19.3 Å². The number of rotatable bonds is 17. The molecule has 0 rings (SSSR count). The van der Waals surface area contributed by atoms with E-state index in [-0.39, 0.29) is 29.7 Å². The lowest BCUT2D eigenvalue weighted by atomic mass is 9.82. The van der Waals surface area contributed by atoms with Crippen LogP contribution in [-0.2, 0) is 19.0 Å². The number of carbonyl (C=O) groups excluding carboxylic acids is 1. The minimum absolute atomic E-state index is 0.0579. The maximum Gasteiger partial charge on any atom is 0.199 e. The molecule has 5 nitrogen and oxygen atoms in total. The second-order valence-corrected chi connectivity index (χ2v) is 9.16. The van der Waals surface area contributed by atoms with Gasteiger partial charge in [-0.1, -0.05) is 36.8 Å². The van der Waals surface area contributed by atoms with Gasteiger partial charge in [0.15, 0.2) is 11.5 Å². The molecule has 0 aliphatic heterocycles. The highest BCUT2D eigenvalue weighted by Crippen LogP contribution is 2.26. The monoisotopic (exact) mass is 438 g/mol. The van der Waals surface area contributed by atoms with Crippen LogP contribution in [0.25, 0.3) is 0 Å². The highest BCUT2D eigenvalue weighted by molar-refractivity contribution is 5.94. The predicted octanol–water partition coefficient (Wildman–Crippen LogP) is 5.63. The minimum Gasteiger partial charge on any atom is -0.494 e. The van der Waals surface area contributed by atoms with Crippen LogP contribution in [0, 0.1) is 11.8 Å². The van der Waals surface area contributed by atoms with E-state index < -0.39 is 12.0 Å². The first-order valence-corrected chi connectivity index (χ1v) is 11.3. The molecule has 3 atom stereocenters. The van der Waals surface area contributed by atoms with Crippen molar-refractivity contribution >= 4 is 5.78 Å². The van der Waals surface area contributed by atoms with E-state index in [9.17, 15) is 9.90 Å². The summed E-state index contributed by atoms with van der Waals surface area (Å²) in [5, 5.41) is 10.5. The van der Waals surface area contributed by atoms with Crippen molar-refractivity contribution in [2.24, 2.45) is 11.8 Å². The number of aliphatic hydroxyl groups excluding tert-OH is 1. The van der Waals surface area contributed by atoms with E-state index >= 15 is 0 Å². The number of allylic oxidation sites excluding steroid dienone is 5. The summed E-state index contributed by atoms with van der Waals surface area (Å²) in [6.07, 6.45) is 9.52. The quantitative estimate of drug-likeness (QED) is 0.181. The van der Waals surface area contributed by atoms with E-state index in [1.807, 2.05) is 6.92 Å². The minimum atomic E-state index is -0.726. The average molecular weight is 439 g/mol. The van der Waals surface area contributed by atoms with Gasteiger partial charge in [0.25, 0.3) is 0 Å². The van der Waals surface area contributed by atoms with Crippen LogP contribution in [-0.4, -0.2) is 50.5 Å². The Hall–Kier alpha value is -1.43. The maximum atomic E-state index is 12.5. The number of hydrogen-bond acceptors (Lipinski definition) is 5. The third-order valence-electron chi connectivity index (χ3n) is 6.08. The molecule has 0 spiro atoms. The molecule has 0 amide bonds. The van der Waals surface area contributed by atoms with E-state index in [2.05, 4.69) is 46.4 Å². The van der Waals surface area contributed by atoms with Gasteiger partial charge in [0.1, 0.15) is 0 Å². The standard InChI is InChI=1S/C26H46O5/c1-19(14-11-17-26(5,6)31-9)12-10-13-20(2)15-16-23(24(27)18-29-7)21(3)25(28)22(4)30-8/h12,15,21,23-24,27H,4,10-11,13-14,16-18H2,1-3,5-9H3/b19-12+,20-15+. The fourth-order valence-electron chi connectivity index (χ4n) is 3.52. The van der Waals surface area contributed by atoms with Crippen molar-refractivity contribution in [3.8, 4) is 0 Å². The predicted molar refractivity (Wildman–Crippen MR) is 128 cm³/mol. The normalized spacial score (nSPS) is 16.0. The van der Waals surface area contributed by atoms with Gasteiger partial charge in [0.2, 0.25) is 0 Å². The Bertz CT molecular complexity index is 603. The van der Waals surface area contributed by atoms with Crippen molar-refractivity contribution in [2.45, 2.75) is 84.8 Å². The van der Waals surface area contributed by atoms with Gasteiger partial charge in [0.05, 0.1) is 25.4 Å². The van der Waals surface area contributed by atoms with Crippen molar-refractivity contribution in [2.75, 3.05) is 27.9 Å². The summed E-state index contributed by atoms with van der Waals surface area (Å²) in [5.41, 5.74) is 2.60. The molecule has 0 aromatic rings. The van der Waals surface area contributed by atoms with Gasteiger partial charge in [-0.15, -0.1) is 0 Å². The molecule has 0 aliphatic carbocycles. The van der Waals surface area contributed by atoms with Crippen LogP contribution in [0.5, 0.6) is 0 Å². The van der Waals surface area contributed by atoms with Gasteiger partial charge in [-0.2, -0.15) is 0 Å². The van der Waals surface area contributed by atoms with Crippen molar-refractivity contribution in [1.82, 2.24) is 0 Å². The molecule has 0 fully saturated rings. The Balaban J connectivity index is 4.79. The van der Waals surface area contributed by atoms with Gasteiger partial charge in [-0.05, 0) is 66.2 Å². The largest absolute Gasteiger partial charge is 0.494 e. The molecular weight excluding hydrogens is 392 g/mol. The number of ether oxygens (including phenoxy) is 3. The molecule has 0 aromatic carbocycles. The third-order valence-corrected chi connectivity index (χ3v) is 6.08. The van der Waals surface area contributed by atoms with Crippen molar-refractivity contribution in [1.29, 1.82) is 0 Å². The average Bonchev–Trinajstić information content (AvgIpc) is 2.72. The topological polar surface area (TPSA) is 65.0 Å². The Morgan fingerprint density at radius 1 is 1.10 bits per heavy atom. The zero-order chi connectivity index (χ0) is 24.0. The summed E-state index contributed by atoms with van der Waals surface area (Å²) < 4.78 is 15.6. The lowest BCUT2D eigenvalue weighted by Crippen LogP contribution is -2.34. The molecule has 31 heavy (non-hydrogen) atoms. The maximum absolute atomic E-state index is 12.5. The number of carbonyl (C=O) groups is 1. The molecule has 3 unspecified atom stereocenters. The van der Waals surface area contributed by atoms with Gasteiger partial charge in [0, 0.05) is 26.1 Å². The second-order valence-electron chi connectivity index (χ2n) is 9.16. The van der Waals surface area contributed by atoms with Crippen LogP contribution in [0.2, 0.25) is 0 Å². The summed E-state index contributed by atoms with van der Waals surface area (Å²) in [7, 11) is 4.75. The molecule has 0 aliphatic rings. The van der Waals surface area contributed by atoms with E-state index in [0.29, 0.717) is 6.42 Å². The first-order chi connectivity index (χ1) is 14.5. The summed E-state index contributed by atoms with van der Waals surface area (Å²) in [6, 6.07) is 0. The van der Waals surface area contributed by atoms with Crippen LogP contribution in [0.3, 0.4) is 0 Å². The summed E-state index contributed by atoms with van der Waals surface area (Å²) in [6.45, 7) is 14.2. The molecule has 0 aromatic heterocycles. The second kappa shape index (κ2) is 15.4. The number of aliphatic hydroxyl groups is 1. The molecule has 0 heterocycles. The Morgan fingerprint density at radius 2 is 1.71 bits per heavy atom.